The fourth-order valence-corrected chi connectivity index (χ4v) is 8.58. The van der Waals surface area contributed by atoms with Crippen LogP contribution in [0.4, 0.5) is 10.1 Å². The molecule has 2 aliphatic carbocycles. The number of anilines is 1. The fraction of sp³-hybridized carbons (Fsp3) is 0.343. The van der Waals surface area contributed by atoms with Gasteiger partial charge in [0.2, 0.25) is 23.6 Å². The van der Waals surface area contributed by atoms with Crippen LogP contribution in [0.2, 0.25) is 5.02 Å². The Morgan fingerprint density at radius 2 is 1.78 bits per heavy atom. The number of carbonyl (C=O) groups excluding carboxylic acids is 4. The van der Waals surface area contributed by atoms with Crippen LogP contribution in [0.5, 0.6) is 5.75 Å². The fourth-order valence-electron chi connectivity index (χ4n) is 8.41. The van der Waals surface area contributed by atoms with Crippen LogP contribution in [-0.2, 0) is 24.0 Å². The molecule has 2 aliphatic heterocycles. The smallest absolute Gasteiger partial charge is 0.303 e. The third-order valence-corrected chi connectivity index (χ3v) is 10.8. The summed E-state index contributed by atoms with van der Waals surface area (Å²) < 4.78 is 14.1. The molecule has 6 unspecified atom stereocenters. The molecule has 3 fully saturated rings. The number of nitrogens with zero attached hydrogens (tertiary/aromatic N) is 2. The standard InChI is InChI=1S/C35H30ClFN2O7/c1-35-24(32(44)39(34(35)46)18-9-13-26(37)25(36)15-18)16-23-20(29(35)22-10-8-17-5-2-3-6-19(17)30(22)42)11-12-21-28(23)33(45)38(31(21)43)14-4-7-27(40)41/h2-3,5-6,8-11,13,15,21,23-24,28-29,42H,4,7,12,14,16H2,1H3,(H,40,41). The summed E-state index contributed by atoms with van der Waals surface area (Å²) in [7, 11) is 0. The number of phenolic OH excluding ortho intramolecular Hbond substituents is 1. The predicted octanol–water partition coefficient (Wildman–Crippen LogP) is 5.43. The Labute approximate surface area is 268 Å². The highest BCUT2D eigenvalue weighted by Gasteiger charge is 2.67. The Kier molecular flexibility index (Phi) is 7.04. The Morgan fingerprint density at radius 3 is 2.52 bits per heavy atom. The van der Waals surface area contributed by atoms with E-state index < -0.39 is 64.5 Å². The van der Waals surface area contributed by atoms with E-state index in [1.807, 2.05) is 24.3 Å². The molecule has 1 saturated carbocycles. The number of carboxylic acids is 1. The summed E-state index contributed by atoms with van der Waals surface area (Å²) in [6, 6.07) is 14.5. The lowest BCUT2D eigenvalue weighted by Gasteiger charge is -2.49. The summed E-state index contributed by atoms with van der Waals surface area (Å²) in [6.07, 6.45) is 2.14. The molecule has 236 valence electrons. The van der Waals surface area contributed by atoms with Crippen LogP contribution in [0.25, 0.3) is 10.8 Å². The number of rotatable bonds is 6. The lowest BCUT2D eigenvalue weighted by molar-refractivity contribution is -0.142. The van der Waals surface area contributed by atoms with Gasteiger partial charge < -0.3 is 10.2 Å². The lowest BCUT2D eigenvalue weighted by Crippen LogP contribution is -2.48. The third-order valence-electron chi connectivity index (χ3n) is 10.5. The first kappa shape index (κ1) is 30.1. The van der Waals surface area contributed by atoms with Gasteiger partial charge in [-0.2, -0.15) is 0 Å². The highest BCUT2D eigenvalue weighted by molar-refractivity contribution is 6.31. The van der Waals surface area contributed by atoms with Crippen LogP contribution >= 0.6 is 11.6 Å². The van der Waals surface area contributed by atoms with E-state index in [1.165, 1.54) is 12.1 Å². The molecule has 0 radical (unpaired) electrons. The number of carbonyl (C=O) groups is 5. The number of amides is 4. The van der Waals surface area contributed by atoms with E-state index in [1.54, 1.807) is 25.1 Å². The number of aromatic hydroxyl groups is 1. The number of imide groups is 2. The maximum atomic E-state index is 14.6. The van der Waals surface area contributed by atoms with Crippen molar-refractivity contribution in [2.75, 3.05) is 11.4 Å². The molecule has 2 heterocycles. The van der Waals surface area contributed by atoms with Gasteiger partial charge in [-0.3, -0.25) is 28.9 Å². The Morgan fingerprint density at radius 1 is 1.02 bits per heavy atom. The van der Waals surface area contributed by atoms with E-state index >= 15 is 0 Å². The predicted molar refractivity (Wildman–Crippen MR) is 165 cm³/mol. The van der Waals surface area contributed by atoms with Crippen molar-refractivity contribution in [3.05, 3.63) is 82.6 Å². The largest absolute Gasteiger partial charge is 0.507 e. The minimum atomic E-state index is -1.40. The van der Waals surface area contributed by atoms with E-state index in [4.69, 9.17) is 16.7 Å². The molecule has 2 saturated heterocycles. The summed E-state index contributed by atoms with van der Waals surface area (Å²) >= 11 is 6.06. The molecule has 9 nitrogen and oxygen atoms in total. The van der Waals surface area contributed by atoms with Crippen molar-refractivity contribution in [2.24, 2.45) is 29.1 Å². The highest BCUT2D eigenvalue weighted by atomic mass is 35.5. The second kappa shape index (κ2) is 10.8. The SMILES string of the molecule is CC12C(=O)N(c3ccc(F)c(Cl)c3)C(=O)C1CC1C(=CCC3C(=O)N(CCCC(=O)O)C(=O)C31)C2c1ccc2ccccc2c1O. The first-order valence-corrected chi connectivity index (χ1v) is 15.6. The van der Waals surface area contributed by atoms with Crippen molar-refractivity contribution in [1.82, 2.24) is 4.90 Å². The molecule has 0 bridgehead atoms. The van der Waals surface area contributed by atoms with Crippen LogP contribution < -0.4 is 4.90 Å². The molecule has 3 aromatic rings. The number of aliphatic carboxylic acids is 1. The number of allylic oxidation sites excluding steroid dienone is 2. The van der Waals surface area contributed by atoms with Crippen molar-refractivity contribution in [1.29, 1.82) is 0 Å². The monoisotopic (exact) mass is 644 g/mol. The van der Waals surface area contributed by atoms with Gasteiger partial charge in [-0.1, -0.05) is 59.6 Å². The highest BCUT2D eigenvalue weighted by Crippen LogP contribution is 2.64. The molecular formula is C35H30ClFN2O7. The summed E-state index contributed by atoms with van der Waals surface area (Å²) in [5, 5.41) is 21.9. The first-order chi connectivity index (χ1) is 21.9. The Bertz CT molecular complexity index is 1910. The van der Waals surface area contributed by atoms with Crippen LogP contribution in [-0.4, -0.2) is 51.3 Å². The molecule has 6 atom stereocenters. The molecule has 4 amide bonds. The molecule has 7 rings (SSSR count). The average molecular weight is 645 g/mol. The number of carboxylic acid groups (broad SMARTS) is 1. The molecule has 2 N–H and O–H groups in total. The van der Waals surface area contributed by atoms with Crippen LogP contribution in [0.1, 0.15) is 44.1 Å². The maximum Gasteiger partial charge on any atom is 0.303 e. The summed E-state index contributed by atoms with van der Waals surface area (Å²) in [4.78, 5) is 69.5. The summed E-state index contributed by atoms with van der Waals surface area (Å²) in [5.41, 5.74) is -0.153. The van der Waals surface area contributed by atoms with Crippen molar-refractivity contribution < 1.29 is 38.6 Å². The average Bonchev–Trinajstić information content (AvgIpc) is 3.38. The van der Waals surface area contributed by atoms with E-state index in [2.05, 4.69) is 0 Å². The van der Waals surface area contributed by atoms with Crippen molar-refractivity contribution >= 4 is 57.7 Å². The van der Waals surface area contributed by atoms with E-state index in [-0.39, 0.29) is 54.6 Å². The molecule has 46 heavy (non-hydrogen) atoms. The number of halogens is 2. The van der Waals surface area contributed by atoms with Crippen LogP contribution in [0.3, 0.4) is 0 Å². The minimum Gasteiger partial charge on any atom is -0.507 e. The lowest BCUT2D eigenvalue weighted by atomic mass is 9.51. The van der Waals surface area contributed by atoms with Gasteiger partial charge >= 0.3 is 5.97 Å². The van der Waals surface area contributed by atoms with Gasteiger partial charge in [-0.05, 0) is 55.7 Å². The number of hydrogen-bond acceptors (Lipinski definition) is 6. The van der Waals surface area contributed by atoms with Gasteiger partial charge in [0.25, 0.3) is 0 Å². The topological polar surface area (TPSA) is 132 Å². The second-order valence-corrected chi connectivity index (χ2v) is 13.2. The van der Waals surface area contributed by atoms with Gasteiger partial charge in [0.15, 0.2) is 0 Å². The molecule has 11 heteroatoms. The van der Waals surface area contributed by atoms with Gasteiger partial charge in [-0.25, -0.2) is 9.29 Å². The van der Waals surface area contributed by atoms with Crippen molar-refractivity contribution in [3.8, 4) is 5.75 Å². The maximum absolute atomic E-state index is 14.6. The molecular weight excluding hydrogens is 615 g/mol. The molecule has 3 aromatic carbocycles. The van der Waals surface area contributed by atoms with E-state index in [0.29, 0.717) is 16.5 Å². The second-order valence-electron chi connectivity index (χ2n) is 12.8. The van der Waals surface area contributed by atoms with Crippen LogP contribution in [0, 0.1) is 34.9 Å². The Balaban J connectivity index is 1.37. The minimum absolute atomic E-state index is 0.0222. The van der Waals surface area contributed by atoms with E-state index in [0.717, 1.165) is 21.3 Å². The summed E-state index contributed by atoms with van der Waals surface area (Å²) in [5.74, 6) is -7.47. The van der Waals surface area contributed by atoms with Crippen LogP contribution in [0.15, 0.2) is 66.2 Å². The van der Waals surface area contributed by atoms with Crippen molar-refractivity contribution in [2.45, 2.75) is 38.5 Å². The number of likely N-dealkylation sites (tertiary alicyclic amines) is 1. The summed E-state index contributed by atoms with van der Waals surface area (Å²) in [6.45, 7) is 1.68. The Hall–Kier alpha value is -4.57. The zero-order valence-corrected chi connectivity index (χ0v) is 25.5. The number of hydrogen-bond donors (Lipinski definition) is 2. The van der Waals surface area contributed by atoms with E-state index in [9.17, 15) is 33.5 Å². The molecule has 0 spiro atoms. The first-order valence-electron chi connectivity index (χ1n) is 15.3. The normalized spacial score (nSPS) is 28.8. The number of benzene rings is 3. The molecule has 4 aliphatic rings. The number of fused-ring (bicyclic) bond motifs is 5. The zero-order valence-electron chi connectivity index (χ0n) is 24.8. The van der Waals surface area contributed by atoms with Gasteiger partial charge in [0.05, 0.1) is 33.9 Å². The zero-order chi connectivity index (χ0) is 32.7. The van der Waals surface area contributed by atoms with Gasteiger partial charge in [-0.15, -0.1) is 0 Å². The number of phenols is 1. The molecule has 0 aromatic heterocycles. The van der Waals surface area contributed by atoms with Gasteiger partial charge in [0, 0.05) is 29.8 Å². The van der Waals surface area contributed by atoms with Gasteiger partial charge in [0.1, 0.15) is 11.6 Å². The van der Waals surface area contributed by atoms with Crippen molar-refractivity contribution in [3.63, 3.8) is 0 Å². The quantitative estimate of drug-likeness (QED) is 0.270. The third kappa shape index (κ3) is 4.22.